The molecule has 2 N–H and O–H groups in total. The summed E-state index contributed by atoms with van der Waals surface area (Å²) in [5.74, 6) is -1.99. The standard InChI is InChI=1S/C23H30BN2O6/c1-15(2)21-20(27)13-17(23(29)30-3)6-4-5-11-31-18-9-7-16(8-10-18)12-19(22(28)26-21)24-32-14-25/h4-5,7-10,14-15,17,19,21,25H,6,11-13H2,1-3H3,(H,26,28)/b5-4-,25-14?/t17-,19+,21+/m1/s1. The zero-order chi connectivity index (χ0) is 23.5. The fourth-order valence-electron chi connectivity index (χ4n) is 3.46. The van der Waals surface area contributed by atoms with Crippen molar-refractivity contribution < 1.29 is 28.5 Å². The molecule has 2 bridgehead atoms. The maximum Gasteiger partial charge on any atom is 0.384 e. The lowest BCUT2D eigenvalue weighted by molar-refractivity contribution is -0.147. The minimum atomic E-state index is -0.768. The van der Waals surface area contributed by atoms with Gasteiger partial charge in [-0.25, -0.2) is 0 Å². The molecule has 0 fully saturated rings. The summed E-state index contributed by atoms with van der Waals surface area (Å²) in [6.45, 7) is 3.99. The Morgan fingerprint density at radius 2 is 1.94 bits per heavy atom. The smallest absolute Gasteiger partial charge is 0.384 e. The van der Waals surface area contributed by atoms with Crippen LogP contribution in [0.5, 0.6) is 5.75 Å². The SMILES string of the molecule is COC(=O)[C@@H]1C/C=C\COc2ccc(cc2)C[C@H]([B]OC=N)C(=O)N[C@@H](C(C)C)C(=O)C1. The second-order valence-corrected chi connectivity index (χ2v) is 7.98. The van der Waals surface area contributed by atoms with E-state index in [0.717, 1.165) is 12.0 Å². The van der Waals surface area contributed by atoms with Gasteiger partial charge in [0.1, 0.15) is 18.8 Å². The van der Waals surface area contributed by atoms with Crippen molar-refractivity contribution >= 4 is 31.5 Å². The quantitative estimate of drug-likeness (QED) is 0.239. The number of rotatable bonds is 5. The number of Topliss-reactive ketones (excluding diaryl/α,β-unsaturated/α-hetero) is 1. The van der Waals surface area contributed by atoms with Crippen molar-refractivity contribution in [1.29, 1.82) is 5.41 Å². The first-order valence-electron chi connectivity index (χ1n) is 10.6. The van der Waals surface area contributed by atoms with Crippen LogP contribution in [0.4, 0.5) is 0 Å². The highest BCUT2D eigenvalue weighted by Gasteiger charge is 2.32. The molecule has 9 heteroatoms. The van der Waals surface area contributed by atoms with Gasteiger partial charge in [-0.1, -0.05) is 38.1 Å². The van der Waals surface area contributed by atoms with E-state index in [1.165, 1.54) is 14.6 Å². The fraction of sp³-hybridized carbons (Fsp3) is 0.478. The van der Waals surface area contributed by atoms with Crippen LogP contribution in [0.15, 0.2) is 36.4 Å². The number of hydrogen-bond acceptors (Lipinski definition) is 7. The normalized spacial score (nSPS) is 23.4. The van der Waals surface area contributed by atoms with E-state index in [1.54, 1.807) is 12.2 Å². The Balaban J connectivity index is 2.34. The van der Waals surface area contributed by atoms with E-state index in [4.69, 9.17) is 19.5 Å². The minimum Gasteiger partial charge on any atom is -0.555 e. The number of esters is 1. The van der Waals surface area contributed by atoms with Crippen LogP contribution >= 0.6 is 0 Å². The molecule has 171 valence electrons. The Kier molecular flexibility index (Phi) is 9.98. The zero-order valence-corrected chi connectivity index (χ0v) is 18.7. The maximum atomic E-state index is 13.0. The van der Waals surface area contributed by atoms with Crippen molar-refractivity contribution in [3.05, 3.63) is 42.0 Å². The van der Waals surface area contributed by atoms with Crippen LogP contribution in [0.25, 0.3) is 0 Å². The molecular weight excluding hydrogens is 411 g/mol. The third kappa shape index (κ3) is 7.55. The molecule has 1 aromatic carbocycles. The Morgan fingerprint density at radius 3 is 2.56 bits per heavy atom. The number of ketones is 1. The molecule has 3 atom stereocenters. The predicted octanol–water partition coefficient (Wildman–Crippen LogP) is 2.49. The van der Waals surface area contributed by atoms with Gasteiger partial charge in [0.2, 0.25) is 5.91 Å². The molecule has 8 nitrogen and oxygen atoms in total. The lowest BCUT2D eigenvalue weighted by Gasteiger charge is -2.25. The number of benzene rings is 1. The van der Waals surface area contributed by atoms with Gasteiger partial charge in [-0.05, 0) is 36.5 Å². The summed E-state index contributed by atoms with van der Waals surface area (Å²) in [5, 5.41) is 9.92. The van der Waals surface area contributed by atoms with E-state index >= 15 is 0 Å². The largest absolute Gasteiger partial charge is 0.555 e. The number of amides is 1. The van der Waals surface area contributed by atoms with Crippen LogP contribution in [0.3, 0.4) is 0 Å². The number of hydrogen-bond donors (Lipinski definition) is 2. The highest BCUT2D eigenvalue weighted by molar-refractivity contribution is 6.39. The number of carbonyl (C=O) groups excluding carboxylic acids is 3. The van der Waals surface area contributed by atoms with E-state index < -0.39 is 29.7 Å². The topological polar surface area (TPSA) is 115 Å². The molecule has 0 spiro atoms. The number of carbonyl (C=O) groups is 3. The summed E-state index contributed by atoms with van der Waals surface area (Å²) < 4.78 is 15.5. The first-order valence-corrected chi connectivity index (χ1v) is 10.6. The van der Waals surface area contributed by atoms with Gasteiger partial charge in [0.15, 0.2) is 5.78 Å². The first kappa shape index (κ1) is 25.2. The van der Waals surface area contributed by atoms with Crippen molar-refractivity contribution in [1.82, 2.24) is 5.32 Å². The Bertz CT molecular complexity index is 824. The number of fused-ring (bicyclic) bond motifs is 13. The van der Waals surface area contributed by atoms with Gasteiger partial charge in [0.25, 0.3) is 0 Å². The van der Waals surface area contributed by atoms with Gasteiger partial charge >= 0.3 is 13.5 Å². The van der Waals surface area contributed by atoms with Crippen LogP contribution in [-0.4, -0.2) is 51.3 Å². The second-order valence-electron chi connectivity index (χ2n) is 7.98. The highest BCUT2D eigenvalue weighted by atomic mass is 16.5. The number of allylic oxidation sites excluding steroid dienone is 1. The minimum absolute atomic E-state index is 0.0514. The second kappa shape index (κ2) is 12.7. The fourth-order valence-corrected chi connectivity index (χ4v) is 3.46. The van der Waals surface area contributed by atoms with Crippen molar-refractivity contribution in [2.75, 3.05) is 13.7 Å². The summed E-state index contributed by atoms with van der Waals surface area (Å²) in [7, 11) is 2.57. The van der Waals surface area contributed by atoms with Gasteiger partial charge in [-0.2, -0.15) is 0 Å². The number of nitrogens with one attached hydrogen (secondary N) is 2. The van der Waals surface area contributed by atoms with Gasteiger partial charge < -0.3 is 19.4 Å². The molecule has 3 rings (SSSR count). The molecule has 32 heavy (non-hydrogen) atoms. The van der Waals surface area contributed by atoms with Crippen LogP contribution in [0, 0.1) is 17.2 Å². The Morgan fingerprint density at radius 1 is 1.22 bits per heavy atom. The van der Waals surface area contributed by atoms with Crippen LogP contribution in [-0.2, 0) is 30.2 Å². The number of ether oxygens (including phenoxy) is 2. The summed E-state index contributed by atoms with van der Waals surface area (Å²) in [4.78, 5) is 38.3. The molecule has 2 aliphatic rings. The van der Waals surface area contributed by atoms with E-state index in [0.29, 0.717) is 25.2 Å². The molecule has 2 heterocycles. The highest BCUT2D eigenvalue weighted by Crippen LogP contribution is 2.21. The monoisotopic (exact) mass is 441 g/mol. The Hall–Kier alpha value is -3.10. The van der Waals surface area contributed by atoms with Crippen molar-refractivity contribution in [3.63, 3.8) is 0 Å². The van der Waals surface area contributed by atoms with E-state index in [-0.39, 0.29) is 18.1 Å². The molecule has 0 unspecified atom stereocenters. The average molecular weight is 441 g/mol. The summed E-state index contributed by atoms with van der Waals surface area (Å²) in [6, 6.07) is 6.56. The van der Waals surface area contributed by atoms with E-state index in [9.17, 15) is 14.4 Å². The van der Waals surface area contributed by atoms with Crippen LogP contribution in [0.2, 0.25) is 5.82 Å². The molecule has 2 aliphatic heterocycles. The molecule has 1 aromatic rings. The van der Waals surface area contributed by atoms with Crippen LogP contribution < -0.4 is 10.1 Å². The average Bonchev–Trinajstić information content (AvgIpc) is 2.78. The number of methoxy groups -OCH3 is 1. The first-order chi connectivity index (χ1) is 15.3. The summed E-state index contributed by atoms with van der Waals surface area (Å²) >= 11 is 0. The third-order valence-corrected chi connectivity index (χ3v) is 5.25. The lowest BCUT2D eigenvalue weighted by Crippen LogP contribution is -2.47. The van der Waals surface area contributed by atoms with Gasteiger partial charge in [-0.15, -0.1) is 0 Å². The summed E-state index contributed by atoms with van der Waals surface area (Å²) in [6.07, 6.45) is 4.93. The predicted molar refractivity (Wildman–Crippen MR) is 121 cm³/mol. The maximum absolute atomic E-state index is 13.0. The molecule has 0 aromatic heterocycles. The molecule has 0 aliphatic carbocycles. The van der Waals surface area contributed by atoms with Gasteiger partial charge in [-0.3, -0.25) is 19.8 Å². The lowest BCUT2D eigenvalue weighted by atomic mass is 9.74. The van der Waals surface area contributed by atoms with Crippen molar-refractivity contribution in [3.8, 4) is 5.75 Å². The Labute approximate surface area is 189 Å². The van der Waals surface area contributed by atoms with Gasteiger partial charge in [0.05, 0.1) is 24.9 Å². The molecule has 1 radical (unpaired) electrons. The van der Waals surface area contributed by atoms with E-state index in [1.807, 2.05) is 38.1 Å². The van der Waals surface area contributed by atoms with Crippen molar-refractivity contribution in [2.24, 2.45) is 11.8 Å². The molecule has 1 amide bonds. The third-order valence-electron chi connectivity index (χ3n) is 5.25. The zero-order valence-electron chi connectivity index (χ0n) is 18.7. The van der Waals surface area contributed by atoms with Crippen molar-refractivity contribution in [2.45, 2.75) is 45.0 Å². The molecule has 0 saturated heterocycles. The van der Waals surface area contributed by atoms with Gasteiger partial charge in [0, 0.05) is 6.42 Å². The van der Waals surface area contributed by atoms with E-state index in [2.05, 4.69) is 5.32 Å². The summed E-state index contributed by atoms with van der Waals surface area (Å²) in [5.41, 5.74) is 0.875. The molecular formula is C23H30BN2O6. The van der Waals surface area contributed by atoms with Crippen LogP contribution in [0.1, 0.15) is 32.3 Å². The molecule has 0 saturated carbocycles.